The molecule has 0 rings (SSSR count). The Morgan fingerprint density at radius 2 is 1.31 bits per heavy atom. The lowest BCUT2D eigenvalue weighted by atomic mass is 10.1. The van der Waals surface area contributed by atoms with Gasteiger partial charge in [-0.05, 0) is 24.7 Å². The quantitative estimate of drug-likeness (QED) is 0.389. The van der Waals surface area contributed by atoms with E-state index >= 15 is 0 Å². The minimum atomic E-state index is -0.103. The van der Waals surface area contributed by atoms with Gasteiger partial charge in [-0.3, -0.25) is 9.59 Å². The van der Waals surface area contributed by atoms with Crippen molar-refractivity contribution in [1.29, 1.82) is 0 Å². The second-order valence-electron chi connectivity index (χ2n) is 6.77. The van der Waals surface area contributed by atoms with Crippen LogP contribution >= 0.6 is 0 Å². The van der Waals surface area contributed by atoms with E-state index in [-0.39, 0.29) is 18.4 Å². The minimum Gasteiger partial charge on any atom is -0.396 e. The molecule has 0 aliphatic rings. The Bertz CT molecular complexity index is 297. The van der Waals surface area contributed by atoms with Crippen LogP contribution in [0.4, 0.5) is 0 Å². The van der Waals surface area contributed by atoms with Crippen LogP contribution in [0, 0.1) is 11.8 Å². The summed E-state index contributed by atoms with van der Waals surface area (Å²) in [6, 6.07) is 0. The summed E-state index contributed by atoms with van der Waals surface area (Å²) in [5, 5.41) is 21.6. The van der Waals surface area contributed by atoms with Gasteiger partial charge in [-0.15, -0.1) is 0 Å². The average Bonchev–Trinajstić information content (AvgIpc) is 2.70. The Hall–Kier alpha value is -1.14. The Morgan fingerprint density at radius 1 is 0.828 bits per heavy atom. The molecule has 0 aliphatic carbocycles. The van der Waals surface area contributed by atoms with Crippen molar-refractivity contribution in [3.05, 3.63) is 0 Å². The molecule has 6 nitrogen and oxygen atoms in total. The number of nitrogens with one attached hydrogen (secondary N) is 2. The van der Waals surface area contributed by atoms with E-state index in [0.29, 0.717) is 31.4 Å². The van der Waals surface area contributed by atoms with Gasteiger partial charge < -0.3 is 20.8 Å². The van der Waals surface area contributed by atoms with Crippen LogP contribution in [0.5, 0.6) is 0 Å². The maximum atomic E-state index is 11.2. The fraction of sp³-hybridized carbons (Fsp3) is 0.913. The minimum absolute atomic E-state index is 0.0135. The highest BCUT2D eigenvalue weighted by Crippen LogP contribution is 1.99. The van der Waals surface area contributed by atoms with Crippen LogP contribution in [-0.4, -0.2) is 48.3 Å². The van der Waals surface area contributed by atoms with Crippen LogP contribution in [0.2, 0.25) is 0 Å². The number of amides is 2. The first kappa shape index (κ1) is 38.5. The van der Waals surface area contributed by atoms with E-state index in [1.54, 1.807) is 0 Å². The molecule has 0 aromatic carbocycles. The monoisotopic (exact) mass is 422 g/mol. The molecular weight excluding hydrogens is 368 g/mol. The van der Waals surface area contributed by atoms with Crippen molar-refractivity contribution >= 4 is 11.8 Å². The van der Waals surface area contributed by atoms with Crippen LogP contribution in [-0.2, 0) is 9.59 Å². The van der Waals surface area contributed by atoms with Crippen molar-refractivity contribution in [1.82, 2.24) is 10.6 Å². The van der Waals surface area contributed by atoms with Gasteiger partial charge in [-0.25, -0.2) is 0 Å². The van der Waals surface area contributed by atoms with Crippen LogP contribution in [0.3, 0.4) is 0 Å². The molecular formula is C23H54N2O4. The van der Waals surface area contributed by atoms with Gasteiger partial charge in [0.25, 0.3) is 0 Å². The van der Waals surface area contributed by atoms with Crippen LogP contribution in [0.15, 0.2) is 0 Å². The van der Waals surface area contributed by atoms with E-state index in [2.05, 4.69) is 31.4 Å². The number of rotatable bonds is 10. The third-order valence-corrected chi connectivity index (χ3v) is 2.90. The van der Waals surface area contributed by atoms with Crippen molar-refractivity contribution in [3.8, 4) is 0 Å². The second-order valence-corrected chi connectivity index (χ2v) is 6.77. The van der Waals surface area contributed by atoms with E-state index < -0.39 is 0 Å². The summed E-state index contributed by atoms with van der Waals surface area (Å²) in [5.41, 5.74) is 0. The number of hydrogen-bond acceptors (Lipinski definition) is 4. The Balaban J connectivity index is -0.000000101. The first-order valence-electron chi connectivity index (χ1n) is 11.4. The molecule has 0 saturated carbocycles. The second kappa shape index (κ2) is 37.6. The normalized spacial score (nSPS) is 8.76. The summed E-state index contributed by atoms with van der Waals surface area (Å²) in [4.78, 5) is 21.2. The Morgan fingerprint density at radius 3 is 1.59 bits per heavy atom. The molecule has 0 spiro atoms. The summed E-state index contributed by atoms with van der Waals surface area (Å²) in [6.07, 6.45) is 5.16. The summed E-state index contributed by atoms with van der Waals surface area (Å²) >= 11 is 0. The molecule has 0 aliphatic heterocycles. The number of unbranched alkanes of at least 4 members (excludes halogenated alkanes) is 2. The summed E-state index contributed by atoms with van der Waals surface area (Å²) in [5.74, 6) is 1.23. The molecule has 4 N–H and O–H groups in total. The third-order valence-electron chi connectivity index (χ3n) is 2.90. The number of hydrogen-bond donors (Lipinski definition) is 4. The summed E-state index contributed by atoms with van der Waals surface area (Å²) < 4.78 is 0. The van der Waals surface area contributed by atoms with Gasteiger partial charge in [0.1, 0.15) is 0 Å². The maximum absolute atomic E-state index is 11.2. The van der Waals surface area contributed by atoms with Gasteiger partial charge in [0.2, 0.25) is 11.8 Å². The van der Waals surface area contributed by atoms with E-state index in [1.165, 1.54) is 13.3 Å². The zero-order valence-corrected chi connectivity index (χ0v) is 21.2. The van der Waals surface area contributed by atoms with Crippen LogP contribution < -0.4 is 10.6 Å². The molecule has 0 heterocycles. The predicted octanol–water partition coefficient (Wildman–Crippen LogP) is 4.53. The number of aliphatic hydroxyl groups excluding tert-OH is 2. The van der Waals surface area contributed by atoms with E-state index in [1.807, 2.05) is 41.5 Å². The number of carbonyl (C=O) groups excluding carboxylic acids is 2. The molecule has 0 atom stereocenters. The van der Waals surface area contributed by atoms with Gasteiger partial charge >= 0.3 is 0 Å². The lowest BCUT2D eigenvalue weighted by molar-refractivity contribution is -0.121. The molecule has 0 radical (unpaired) electrons. The molecule has 0 fully saturated rings. The van der Waals surface area contributed by atoms with E-state index in [4.69, 9.17) is 10.2 Å². The van der Waals surface area contributed by atoms with Crippen LogP contribution in [0.25, 0.3) is 0 Å². The number of aliphatic hydroxyl groups is 2. The molecule has 29 heavy (non-hydrogen) atoms. The predicted molar refractivity (Wildman–Crippen MR) is 127 cm³/mol. The lowest BCUT2D eigenvalue weighted by Gasteiger charge is -2.06. The van der Waals surface area contributed by atoms with E-state index in [0.717, 1.165) is 25.8 Å². The van der Waals surface area contributed by atoms with Crippen molar-refractivity contribution in [2.45, 2.75) is 101 Å². The lowest BCUT2D eigenvalue weighted by Crippen LogP contribution is -2.24. The number of carbonyl (C=O) groups is 2. The highest BCUT2D eigenvalue weighted by molar-refractivity contribution is 5.75. The summed E-state index contributed by atoms with van der Waals surface area (Å²) in [6.45, 7) is 21.4. The van der Waals surface area contributed by atoms with E-state index in [9.17, 15) is 9.59 Å². The van der Waals surface area contributed by atoms with Crippen molar-refractivity contribution in [2.75, 3.05) is 26.3 Å². The highest BCUT2D eigenvalue weighted by Gasteiger charge is 2.00. The fourth-order valence-corrected chi connectivity index (χ4v) is 1.36. The smallest absolute Gasteiger partial charge is 0.219 e. The SMILES string of the molecule is CC.CC.CC(=O)NCCO.CC(C)CO.CCCCCC(=O)NCCC(C)C. The molecule has 180 valence electrons. The van der Waals surface area contributed by atoms with Gasteiger partial charge in [0.05, 0.1) is 6.61 Å². The summed E-state index contributed by atoms with van der Waals surface area (Å²) in [7, 11) is 0. The van der Waals surface area contributed by atoms with Crippen LogP contribution in [0.1, 0.15) is 101 Å². The molecule has 0 unspecified atom stereocenters. The molecule has 0 aromatic heterocycles. The molecule has 0 bridgehead atoms. The molecule has 6 heteroatoms. The zero-order chi connectivity index (χ0) is 24.1. The largest absolute Gasteiger partial charge is 0.396 e. The van der Waals surface area contributed by atoms with Crippen molar-refractivity contribution in [3.63, 3.8) is 0 Å². The first-order valence-corrected chi connectivity index (χ1v) is 11.4. The van der Waals surface area contributed by atoms with Gasteiger partial charge in [-0.2, -0.15) is 0 Å². The Labute approximate surface area is 182 Å². The highest BCUT2D eigenvalue weighted by atomic mass is 16.3. The fourth-order valence-electron chi connectivity index (χ4n) is 1.36. The molecule has 0 saturated heterocycles. The standard InChI is InChI=1S/C11H23NO.C4H9NO2.C4H10O.2C2H6/c1-4-5-6-7-11(13)12-9-8-10(2)3;1-4(7)5-2-3-6;1-4(2)3-5;2*1-2/h10H,4-9H2,1-3H3,(H,12,13);6H,2-3H2,1H3,(H,5,7);4-5H,3H2,1-2H3;2*1-2H3. The van der Waals surface area contributed by atoms with Crippen molar-refractivity contribution < 1.29 is 19.8 Å². The average molecular weight is 423 g/mol. The van der Waals surface area contributed by atoms with Gasteiger partial charge in [-0.1, -0.05) is 75.2 Å². The molecule has 0 aromatic rings. The Kier molecular flexibility index (Phi) is 49.9. The van der Waals surface area contributed by atoms with Crippen molar-refractivity contribution in [2.24, 2.45) is 11.8 Å². The maximum Gasteiger partial charge on any atom is 0.219 e. The third kappa shape index (κ3) is 66.0. The van der Waals surface area contributed by atoms with Gasteiger partial charge in [0.15, 0.2) is 0 Å². The zero-order valence-electron chi connectivity index (χ0n) is 21.2. The topological polar surface area (TPSA) is 98.7 Å². The first-order chi connectivity index (χ1) is 13.7. The van der Waals surface area contributed by atoms with Gasteiger partial charge in [0, 0.05) is 33.0 Å². The molecule has 2 amide bonds.